The van der Waals surface area contributed by atoms with Crippen molar-refractivity contribution in [2.24, 2.45) is 0 Å². The monoisotopic (exact) mass is 518 g/mol. The van der Waals surface area contributed by atoms with Crippen molar-refractivity contribution in [1.82, 2.24) is 19.8 Å². The van der Waals surface area contributed by atoms with E-state index in [1.807, 2.05) is 28.9 Å². The first-order chi connectivity index (χ1) is 17.9. The van der Waals surface area contributed by atoms with Crippen molar-refractivity contribution in [2.75, 3.05) is 19.7 Å². The molecule has 2 amide bonds. The maximum absolute atomic E-state index is 14.1. The van der Waals surface area contributed by atoms with Gasteiger partial charge in [0, 0.05) is 17.1 Å². The number of carbonyl (C=O) groups excluding carboxylic acids is 1. The smallest absolute Gasteiger partial charge is 0.320 e. The summed E-state index contributed by atoms with van der Waals surface area (Å²) in [5, 5.41) is 0.348. The number of aromatic amines is 1. The van der Waals surface area contributed by atoms with Crippen LogP contribution in [0.3, 0.4) is 0 Å². The molecule has 0 aliphatic carbocycles. The molecule has 6 rings (SSSR count). The normalized spacial score (nSPS) is 17.9. The summed E-state index contributed by atoms with van der Waals surface area (Å²) in [7, 11) is 0. The molecule has 2 aliphatic rings. The van der Waals surface area contributed by atoms with E-state index < -0.39 is 0 Å². The van der Waals surface area contributed by atoms with Gasteiger partial charge in [-0.2, -0.15) is 0 Å². The number of hydrogen-bond acceptors (Lipinski definition) is 3. The lowest BCUT2D eigenvalue weighted by Crippen LogP contribution is -2.47. The number of nitrogens with one attached hydrogen (secondary N) is 1. The van der Waals surface area contributed by atoms with E-state index in [0.29, 0.717) is 31.3 Å². The van der Waals surface area contributed by atoms with Crippen LogP contribution in [-0.2, 0) is 6.54 Å². The van der Waals surface area contributed by atoms with Crippen LogP contribution in [-0.4, -0.2) is 45.5 Å². The highest BCUT2D eigenvalue weighted by Crippen LogP contribution is 2.35. The molecule has 0 bridgehead atoms. The van der Waals surface area contributed by atoms with Gasteiger partial charge in [-0.25, -0.2) is 14.2 Å². The zero-order valence-corrected chi connectivity index (χ0v) is 21.4. The second-order valence-corrected chi connectivity index (χ2v) is 10.3. The fourth-order valence-electron chi connectivity index (χ4n) is 5.51. The van der Waals surface area contributed by atoms with Crippen LogP contribution >= 0.6 is 11.6 Å². The number of urea groups is 1. The van der Waals surface area contributed by atoms with Crippen LogP contribution in [0.2, 0.25) is 5.02 Å². The van der Waals surface area contributed by atoms with Crippen LogP contribution in [0.5, 0.6) is 5.75 Å². The summed E-state index contributed by atoms with van der Waals surface area (Å²) < 4.78 is 20.2. The summed E-state index contributed by atoms with van der Waals surface area (Å²) >= 11 is 6.15. The maximum Gasteiger partial charge on any atom is 0.320 e. The third-order valence-corrected chi connectivity index (χ3v) is 7.48. The highest BCUT2D eigenvalue weighted by atomic mass is 35.5. The molecular weight excluding hydrogens is 491 g/mol. The van der Waals surface area contributed by atoms with E-state index >= 15 is 0 Å². The van der Waals surface area contributed by atoms with Gasteiger partial charge in [-0.1, -0.05) is 23.7 Å². The summed E-state index contributed by atoms with van der Waals surface area (Å²) in [6.07, 6.45) is 2.69. The number of aromatic nitrogens is 2. The summed E-state index contributed by atoms with van der Waals surface area (Å²) in [5.74, 6) is 1.30. The minimum absolute atomic E-state index is 0.0544. The number of aryl methyl sites for hydroxylation is 1. The lowest BCUT2D eigenvalue weighted by Gasteiger charge is -2.39. The zero-order chi connectivity index (χ0) is 25.5. The predicted octanol–water partition coefficient (Wildman–Crippen LogP) is 6.87. The van der Waals surface area contributed by atoms with Gasteiger partial charge in [0.15, 0.2) is 0 Å². The van der Waals surface area contributed by atoms with Gasteiger partial charge in [-0.3, -0.25) is 0 Å². The summed E-state index contributed by atoms with van der Waals surface area (Å²) in [5.41, 5.74) is 5.76. The van der Waals surface area contributed by atoms with Gasteiger partial charge < -0.3 is 19.5 Å². The van der Waals surface area contributed by atoms with E-state index in [2.05, 4.69) is 34.2 Å². The Kier molecular flexibility index (Phi) is 6.24. The Bertz CT molecular complexity index is 1470. The molecule has 37 heavy (non-hydrogen) atoms. The molecule has 1 fully saturated rings. The van der Waals surface area contributed by atoms with Gasteiger partial charge in [-0.05, 0) is 85.3 Å². The van der Waals surface area contributed by atoms with Crippen LogP contribution in [0.15, 0.2) is 54.6 Å². The molecule has 4 aromatic rings. The fourth-order valence-corrected chi connectivity index (χ4v) is 5.74. The minimum Gasteiger partial charge on any atom is -0.491 e. The molecule has 3 aromatic carbocycles. The quantitative estimate of drug-likeness (QED) is 0.315. The zero-order valence-electron chi connectivity index (χ0n) is 20.6. The molecule has 2 aliphatic heterocycles. The van der Waals surface area contributed by atoms with Crippen molar-refractivity contribution < 1.29 is 13.9 Å². The van der Waals surface area contributed by atoms with E-state index in [9.17, 15) is 9.18 Å². The minimum atomic E-state index is -0.381. The molecule has 3 heterocycles. The number of nitrogens with zero attached hydrogens (tertiary/aromatic N) is 3. The Labute approximate surface area is 220 Å². The van der Waals surface area contributed by atoms with Crippen molar-refractivity contribution in [3.05, 3.63) is 82.4 Å². The number of carbonyl (C=O) groups is 1. The van der Waals surface area contributed by atoms with Crippen molar-refractivity contribution in [3.63, 3.8) is 0 Å². The molecule has 0 spiro atoms. The van der Waals surface area contributed by atoms with Crippen LogP contribution in [0.1, 0.15) is 42.3 Å². The number of benzene rings is 3. The van der Waals surface area contributed by atoms with E-state index in [4.69, 9.17) is 16.3 Å². The number of H-pyrrole nitrogens is 1. The van der Waals surface area contributed by atoms with E-state index in [1.54, 1.807) is 6.07 Å². The topological polar surface area (TPSA) is 61.5 Å². The number of rotatable bonds is 2. The molecule has 8 heteroatoms. The van der Waals surface area contributed by atoms with Gasteiger partial charge in [0.05, 0.1) is 30.2 Å². The lowest BCUT2D eigenvalue weighted by molar-refractivity contribution is 0.110. The van der Waals surface area contributed by atoms with Gasteiger partial charge in [0.25, 0.3) is 0 Å². The van der Waals surface area contributed by atoms with Gasteiger partial charge in [-0.15, -0.1) is 0 Å². The number of amides is 2. The standard InChI is InChI=1S/C29H28ClFN4O2/c1-18-32-25-7-5-20(15-26(25)33-18)19-6-8-28-22(12-19)17-34(10-11-37-28)29(36)35-9-3-2-4-27(35)21-13-23(30)16-24(31)14-21/h5-8,12-16,27H,2-4,9-11,17H2,1H3,(H,32,33). The van der Waals surface area contributed by atoms with Gasteiger partial charge >= 0.3 is 6.03 Å². The van der Waals surface area contributed by atoms with Crippen molar-refractivity contribution in [3.8, 4) is 16.9 Å². The molecule has 6 nitrogen and oxygen atoms in total. The van der Waals surface area contributed by atoms with Crippen molar-refractivity contribution in [1.29, 1.82) is 0 Å². The molecule has 1 aromatic heterocycles. The Morgan fingerprint density at radius 3 is 2.78 bits per heavy atom. The summed E-state index contributed by atoms with van der Waals surface area (Å²) in [4.78, 5) is 25.3. The summed E-state index contributed by atoms with van der Waals surface area (Å²) in [6, 6.07) is 16.6. The molecular formula is C29H28ClFN4O2. The molecule has 0 saturated carbocycles. The van der Waals surface area contributed by atoms with E-state index in [1.165, 1.54) is 12.1 Å². The second kappa shape index (κ2) is 9.71. The molecule has 1 saturated heterocycles. The van der Waals surface area contributed by atoms with Crippen LogP contribution in [0.4, 0.5) is 9.18 Å². The second-order valence-electron chi connectivity index (χ2n) is 9.84. The van der Waals surface area contributed by atoms with Gasteiger partial charge in [0.1, 0.15) is 24.0 Å². The van der Waals surface area contributed by atoms with Crippen LogP contribution < -0.4 is 4.74 Å². The molecule has 1 N–H and O–H groups in total. The highest BCUT2D eigenvalue weighted by molar-refractivity contribution is 6.30. The van der Waals surface area contributed by atoms with Crippen molar-refractivity contribution >= 4 is 28.7 Å². The predicted molar refractivity (Wildman–Crippen MR) is 142 cm³/mol. The molecule has 1 unspecified atom stereocenters. The molecule has 190 valence electrons. The first-order valence-corrected chi connectivity index (χ1v) is 13.1. The first-order valence-electron chi connectivity index (χ1n) is 12.7. The third kappa shape index (κ3) is 4.76. The lowest BCUT2D eigenvalue weighted by atomic mass is 9.95. The Morgan fingerprint density at radius 1 is 1.08 bits per heavy atom. The fraction of sp³-hybridized carbons (Fsp3) is 0.310. The van der Waals surface area contributed by atoms with Gasteiger partial charge in [0.2, 0.25) is 0 Å². The summed E-state index contributed by atoms with van der Waals surface area (Å²) in [6.45, 7) is 3.92. The number of piperidine rings is 1. The molecule has 1 atom stereocenters. The average Bonchev–Trinajstić information content (AvgIpc) is 3.13. The third-order valence-electron chi connectivity index (χ3n) is 7.26. The number of ether oxygens (including phenoxy) is 1. The number of fused-ring (bicyclic) bond motifs is 2. The molecule has 0 radical (unpaired) electrons. The van der Waals surface area contributed by atoms with Crippen molar-refractivity contribution in [2.45, 2.75) is 38.8 Å². The largest absolute Gasteiger partial charge is 0.491 e. The first kappa shape index (κ1) is 23.8. The Morgan fingerprint density at radius 2 is 1.92 bits per heavy atom. The highest BCUT2D eigenvalue weighted by Gasteiger charge is 2.32. The number of halogens is 2. The Hall–Kier alpha value is -3.58. The average molecular weight is 519 g/mol. The number of likely N-dealkylation sites (tertiary alicyclic amines) is 1. The Balaban J connectivity index is 1.28. The SMILES string of the molecule is Cc1nc2ccc(-c3ccc4c(c3)CN(C(=O)N3CCCCC3c3cc(F)cc(Cl)c3)CCO4)cc2[nH]1. The van der Waals surface area contributed by atoms with E-state index in [-0.39, 0.29) is 17.9 Å². The maximum atomic E-state index is 14.1. The van der Waals surface area contributed by atoms with E-state index in [0.717, 1.165) is 64.1 Å². The van der Waals surface area contributed by atoms with Crippen LogP contribution in [0, 0.1) is 12.7 Å². The van der Waals surface area contributed by atoms with Crippen LogP contribution in [0.25, 0.3) is 22.2 Å². The number of imidazole rings is 1. The number of hydrogen-bond donors (Lipinski definition) is 1.